The zero-order valence-electron chi connectivity index (χ0n) is 21.0. The standard InChI is InChI=1S/C29H31F3N2O3/c1-19-17-33-25-6-5-21(37-2)16-22(25)27(19)26(36)7-8-29(18-35)9-12-34(13-10-29)11-3-4-20-14-23(30)28(32)24(31)15-20/h5-6,14-17,26,35-36H,7-13,18H2,1-2H3. The third-order valence-electron chi connectivity index (χ3n) is 7.37. The van der Waals surface area contributed by atoms with Crippen molar-refractivity contribution in [2.75, 3.05) is 33.4 Å². The highest BCUT2D eigenvalue weighted by Gasteiger charge is 2.34. The molecule has 37 heavy (non-hydrogen) atoms. The molecule has 0 aliphatic carbocycles. The molecule has 1 aliphatic rings. The van der Waals surface area contributed by atoms with Crippen LogP contribution in [-0.2, 0) is 0 Å². The number of aryl methyl sites for hydroxylation is 1. The molecule has 1 atom stereocenters. The van der Waals surface area contributed by atoms with Crippen molar-refractivity contribution in [1.82, 2.24) is 9.88 Å². The Hall–Kier alpha value is -3.12. The second kappa shape index (κ2) is 11.5. The summed E-state index contributed by atoms with van der Waals surface area (Å²) in [5, 5.41) is 22.3. The molecule has 0 saturated carbocycles. The molecule has 5 nitrogen and oxygen atoms in total. The monoisotopic (exact) mass is 512 g/mol. The van der Waals surface area contributed by atoms with Crippen LogP contribution < -0.4 is 4.74 Å². The minimum absolute atomic E-state index is 0.0251. The molecule has 8 heteroatoms. The van der Waals surface area contributed by atoms with Gasteiger partial charge in [0, 0.05) is 23.8 Å². The van der Waals surface area contributed by atoms with Gasteiger partial charge in [-0.2, -0.15) is 0 Å². The summed E-state index contributed by atoms with van der Waals surface area (Å²) in [5.74, 6) is 2.27. The summed E-state index contributed by atoms with van der Waals surface area (Å²) in [6.07, 6.45) is 3.69. The van der Waals surface area contributed by atoms with Crippen molar-refractivity contribution in [2.24, 2.45) is 5.41 Å². The molecule has 2 N–H and O–H groups in total. The molecule has 0 bridgehead atoms. The van der Waals surface area contributed by atoms with E-state index in [9.17, 15) is 23.4 Å². The van der Waals surface area contributed by atoms with Crippen LogP contribution in [0, 0.1) is 41.6 Å². The zero-order valence-corrected chi connectivity index (χ0v) is 21.0. The number of aliphatic hydroxyl groups excluding tert-OH is 2. The number of hydrogen-bond donors (Lipinski definition) is 2. The van der Waals surface area contributed by atoms with Gasteiger partial charge in [0.05, 0.1) is 25.3 Å². The van der Waals surface area contributed by atoms with E-state index >= 15 is 0 Å². The highest BCUT2D eigenvalue weighted by Crippen LogP contribution is 2.39. The van der Waals surface area contributed by atoms with Crippen LogP contribution in [0.2, 0.25) is 0 Å². The number of rotatable bonds is 7. The van der Waals surface area contributed by atoms with Crippen molar-refractivity contribution in [3.05, 3.63) is 70.7 Å². The summed E-state index contributed by atoms with van der Waals surface area (Å²) in [7, 11) is 1.60. The Morgan fingerprint density at radius 3 is 2.49 bits per heavy atom. The number of fused-ring (bicyclic) bond motifs is 1. The molecule has 0 amide bonds. The van der Waals surface area contributed by atoms with E-state index in [2.05, 4.69) is 21.7 Å². The predicted molar refractivity (Wildman–Crippen MR) is 136 cm³/mol. The fourth-order valence-electron chi connectivity index (χ4n) is 5.00. The van der Waals surface area contributed by atoms with Crippen molar-refractivity contribution in [3.8, 4) is 17.6 Å². The summed E-state index contributed by atoms with van der Waals surface area (Å²) >= 11 is 0. The van der Waals surface area contributed by atoms with Crippen molar-refractivity contribution in [3.63, 3.8) is 0 Å². The first kappa shape index (κ1) is 26.9. The highest BCUT2D eigenvalue weighted by atomic mass is 19.2. The van der Waals surface area contributed by atoms with Gasteiger partial charge in [0.15, 0.2) is 17.5 Å². The van der Waals surface area contributed by atoms with E-state index in [1.165, 1.54) is 0 Å². The van der Waals surface area contributed by atoms with Gasteiger partial charge < -0.3 is 14.9 Å². The van der Waals surface area contributed by atoms with Gasteiger partial charge in [-0.15, -0.1) is 0 Å². The Balaban J connectivity index is 1.37. The first-order valence-electron chi connectivity index (χ1n) is 12.3. The van der Waals surface area contributed by atoms with Crippen LogP contribution in [0.25, 0.3) is 10.9 Å². The molecule has 0 radical (unpaired) electrons. The van der Waals surface area contributed by atoms with Gasteiger partial charge in [-0.25, -0.2) is 13.2 Å². The molecule has 196 valence electrons. The summed E-state index contributed by atoms with van der Waals surface area (Å²) in [6, 6.07) is 7.38. The fourth-order valence-corrected chi connectivity index (χ4v) is 5.00. The molecule has 0 spiro atoms. The number of benzene rings is 2. The van der Waals surface area contributed by atoms with Gasteiger partial charge in [-0.3, -0.25) is 9.88 Å². The number of aromatic nitrogens is 1. The van der Waals surface area contributed by atoms with Crippen LogP contribution in [0.1, 0.15) is 48.5 Å². The number of piperidine rings is 1. The maximum atomic E-state index is 13.4. The van der Waals surface area contributed by atoms with Crippen LogP contribution in [0.5, 0.6) is 5.75 Å². The third kappa shape index (κ3) is 6.07. The molecule has 1 fully saturated rings. The average molecular weight is 513 g/mol. The van der Waals surface area contributed by atoms with Gasteiger partial charge in [-0.1, -0.05) is 11.8 Å². The summed E-state index contributed by atoms with van der Waals surface area (Å²) in [5.41, 5.74) is 2.31. The Morgan fingerprint density at radius 1 is 1.14 bits per heavy atom. The SMILES string of the molecule is COc1ccc2ncc(C)c(C(O)CCC3(CO)CCN(CC#Cc4cc(F)c(F)c(F)c4)CC3)c2c1. The number of hydrogen-bond acceptors (Lipinski definition) is 5. The molecular weight excluding hydrogens is 481 g/mol. The number of aliphatic hydroxyl groups is 2. The Morgan fingerprint density at radius 2 is 1.84 bits per heavy atom. The van der Waals surface area contributed by atoms with Gasteiger partial charge in [0.2, 0.25) is 0 Å². The first-order chi connectivity index (χ1) is 17.7. The summed E-state index contributed by atoms with van der Waals surface area (Å²) in [6.45, 7) is 3.75. The molecule has 2 heterocycles. The van der Waals surface area contributed by atoms with Crippen LogP contribution in [0.3, 0.4) is 0 Å². The third-order valence-corrected chi connectivity index (χ3v) is 7.37. The molecule has 4 rings (SSSR count). The molecule has 1 unspecified atom stereocenters. The van der Waals surface area contributed by atoms with Crippen molar-refractivity contribution >= 4 is 10.9 Å². The zero-order chi connectivity index (χ0) is 26.6. The van der Waals surface area contributed by atoms with Crippen LogP contribution in [0.15, 0.2) is 36.5 Å². The molecule has 1 aliphatic heterocycles. The van der Waals surface area contributed by atoms with E-state index in [4.69, 9.17) is 4.74 Å². The van der Waals surface area contributed by atoms with Gasteiger partial charge in [0.1, 0.15) is 5.75 Å². The number of ether oxygens (including phenoxy) is 1. The Bertz CT molecular complexity index is 1300. The minimum atomic E-state index is -1.50. The smallest absolute Gasteiger partial charge is 0.194 e. The van der Waals surface area contributed by atoms with E-state index < -0.39 is 23.6 Å². The normalized spacial score (nSPS) is 16.3. The number of likely N-dealkylation sites (tertiary alicyclic amines) is 1. The average Bonchev–Trinajstić information content (AvgIpc) is 2.90. The van der Waals surface area contributed by atoms with E-state index in [1.807, 2.05) is 25.1 Å². The quantitative estimate of drug-likeness (QED) is 0.348. The Kier molecular flexibility index (Phi) is 8.38. The minimum Gasteiger partial charge on any atom is -0.497 e. The predicted octanol–water partition coefficient (Wildman–Crippen LogP) is 4.91. The summed E-state index contributed by atoms with van der Waals surface area (Å²) < 4.78 is 45.2. The molecule has 1 aromatic heterocycles. The van der Waals surface area contributed by atoms with E-state index in [1.54, 1.807) is 13.3 Å². The number of nitrogens with zero attached hydrogens (tertiary/aromatic N) is 2. The lowest BCUT2D eigenvalue weighted by Gasteiger charge is -2.40. The number of methoxy groups -OCH3 is 1. The molecule has 3 aromatic rings. The first-order valence-corrected chi connectivity index (χ1v) is 12.3. The fraction of sp³-hybridized carbons (Fsp3) is 0.414. The van der Waals surface area contributed by atoms with Gasteiger partial charge in [-0.05, 0) is 92.6 Å². The molecule has 2 aromatic carbocycles. The van der Waals surface area contributed by atoms with Crippen LogP contribution in [0.4, 0.5) is 13.2 Å². The lowest BCUT2D eigenvalue weighted by Crippen LogP contribution is -2.42. The largest absolute Gasteiger partial charge is 0.497 e. The molecular formula is C29H31F3N2O3. The second-order valence-corrected chi connectivity index (χ2v) is 9.78. The van der Waals surface area contributed by atoms with Crippen molar-refractivity contribution in [1.29, 1.82) is 0 Å². The van der Waals surface area contributed by atoms with E-state index in [0.717, 1.165) is 47.0 Å². The second-order valence-electron chi connectivity index (χ2n) is 9.78. The highest BCUT2D eigenvalue weighted by molar-refractivity contribution is 5.84. The maximum Gasteiger partial charge on any atom is 0.194 e. The lowest BCUT2D eigenvalue weighted by molar-refractivity contribution is 0.0273. The Labute approximate surface area is 214 Å². The van der Waals surface area contributed by atoms with Gasteiger partial charge in [0.25, 0.3) is 0 Å². The molecule has 1 saturated heterocycles. The lowest BCUT2D eigenvalue weighted by atomic mass is 9.74. The van der Waals surface area contributed by atoms with Crippen molar-refractivity contribution < 1.29 is 28.1 Å². The van der Waals surface area contributed by atoms with E-state index in [0.29, 0.717) is 38.2 Å². The van der Waals surface area contributed by atoms with Crippen LogP contribution in [-0.4, -0.2) is 53.4 Å². The number of pyridine rings is 1. The van der Waals surface area contributed by atoms with Gasteiger partial charge >= 0.3 is 0 Å². The maximum absolute atomic E-state index is 13.4. The van der Waals surface area contributed by atoms with Crippen LogP contribution >= 0.6 is 0 Å². The summed E-state index contributed by atoms with van der Waals surface area (Å²) in [4.78, 5) is 6.58. The van der Waals surface area contributed by atoms with E-state index in [-0.39, 0.29) is 17.6 Å². The number of halogens is 3. The van der Waals surface area contributed by atoms with Crippen molar-refractivity contribution in [2.45, 2.75) is 38.7 Å². The topological polar surface area (TPSA) is 65.8 Å².